The number of imide groups is 1. The van der Waals surface area contributed by atoms with Gasteiger partial charge in [-0.1, -0.05) is 12.1 Å². The van der Waals surface area contributed by atoms with E-state index >= 15 is 0 Å². The average Bonchev–Trinajstić information content (AvgIpc) is 3.31. The standard InChI is InChI=1S/C27H30N2O5/c1-2-12-28-13-11-26-21-15-7-8-19(30)22(21)34-23(26)18(9-10-27(26,33)20(28)14-15)29-24(31)16-5-3-4-6-17(16)25(29)32/h2,7-8,18,20,23,30,33H,1,3-6,9-14H2/t18-,20+,23+,26+,27-/m1/s1. The molecule has 7 nitrogen and oxygen atoms in total. The third-order valence-electron chi connectivity index (χ3n) is 9.66. The van der Waals surface area contributed by atoms with Crippen LogP contribution in [-0.4, -0.2) is 68.7 Å². The van der Waals surface area contributed by atoms with Crippen molar-refractivity contribution >= 4 is 11.8 Å². The first-order valence-electron chi connectivity index (χ1n) is 12.6. The number of aromatic hydroxyl groups is 1. The molecule has 2 bridgehead atoms. The molecule has 1 spiro atoms. The van der Waals surface area contributed by atoms with E-state index in [-0.39, 0.29) is 23.6 Å². The van der Waals surface area contributed by atoms with Gasteiger partial charge in [0.05, 0.1) is 17.1 Å². The summed E-state index contributed by atoms with van der Waals surface area (Å²) in [6, 6.07) is 3.05. The summed E-state index contributed by atoms with van der Waals surface area (Å²) in [6.07, 6.45) is 6.78. The second-order valence-electron chi connectivity index (χ2n) is 10.9. The zero-order valence-corrected chi connectivity index (χ0v) is 19.3. The number of amides is 2. The van der Waals surface area contributed by atoms with Gasteiger partial charge in [-0.15, -0.1) is 6.58 Å². The number of ether oxygens (including phenoxy) is 1. The number of rotatable bonds is 3. The van der Waals surface area contributed by atoms with Gasteiger partial charge in [0.15, 0.2) is 11.5 Å². The number of piperidine rings is 1. The van der Waals surface area contributed by atoms with Crippen LogP contribution < -0.4 is 4.74 Å². The Labute approximate surface area is 198 Å². The molecule has 0 aromatic heterocycles. The van der Waals surface area contributed by atoms with E-state index in [1.54, 1.807) is 6.07 Å². The number of likely N-dealkylation sites (tertiary alicyclic amines) is 1. The molecule has 1 aromatic carbocycles. The fraction of sp³-hybridized carbons (Fsp3) is 0.556. The van der Waals surface area contributed by atoms with E-state index in [1.807, 2.05) is 12.1 Å². The van der Waals surface area contributed by atoms with Crippen molar-refractivity contribution < 1.29 is 24.5 Å². The predicted octanol–water partition coefficient (Wildman–Crippen LogP) is 2.34. The molecule has 2 fully saturated rings. The van der Waals surface area contributed by atoms with Crippen LogP contribution in [0.4, 0.5) is 0 Å². The van der Waals surface area contributed by atoms with Crippen molar-refractivity contribution in [1.82, 2.24) is 9.80 Å². The SMILES string of the molecule is C=CCN1CC[C@]23c4c5ccc(O)c4O[C@H]2[C@H](N2C(=O)C4=C(CCCC4)C2=O)CC[C@@]3(O)[C@@H]1C5. The van der Waals surface area contributed by atoms with Gasteiger partial charge in [-0.05, 0) is 69.5 Å². The molecule has 7 heteroatoms. The Balaban J connectivity index is 1.38. The van der Waals surface area contributed by atoms with Gasteiger partial charge in [0.25, 0.3) is 11.8 Å². The van der Waals surface area contributed by atoms with E-state index < -0.39 is 23.2 Å². The molecule has 1 saturated carbocycles. The quantitative estimate of drug-likeness (QED) is 0.530. The van der Waals surface area contributed by atoms with Crippen LogP contribution in [0.2, 0.25) is 0 Å². The highest BCUT2D eigenvalue weighted by molar-refractivity contribution is 6.19. The topological polar surface area (TPSA) is 90.3 Å². The highest BCUT2D eigenvalue weighted by Crippen LogP contribution is 2.66. The Kier molecular flexibility index (Phi) is 4.10. The molecule has 2 amide bonds. The maximum absolute atomic E-state index is 13.5. The Morgan fingerprint density at radius 1 is 1.15 bits per heavy atom. The first kappa shape index (κ1) is 20.7. The Hall–Kier alpha value is -2.64. The molecule has 0 radical (unpaired) electrons. The van der Waals surface area contributed by atoms with E-state index in [0.29, 0.717) is 62.0 Å². The monoisotopic (exact) mass is 462 g/mol. The number of hydrogen-bond donors (Lipinski definition) is 2. The summed E-state index contributed by atoms with van der Waals surface area (Å²) in [5.41, 5.74) is 1.50. The van der Waals surface area contributed by atoms with Crippen LogP contribution in [0.15, 0.2) is 35.9 Å². The highest BCUT2D eigenvalue weighted by atomic mass is 16.5. The predicted molar refractivity (Wildman–Crippen MR) is 123 cm³/mol. The van der Waals surface area contributed by atoms with Gasteiger partial charge in [0.1, 0.15) is 6.10 Å². The zero-order chi connectivity index (χ0) is 23.4. The number of phenols is 1. The van der Waals surface area contributed by atoms with E-state index in [9.17, 15) is 19.8 Å². The molecule has 1 saturated heterocycles. The highest BCUT2D eigenvalue weighted by Gasteiger charge is 2.74. The molecule has 3 aliphatic heterocycles. The zero-order valence-electron chi connectivity index (χ0n) is 19.3. The lowest BCUT2D eigenvalue weighted by molar-refractivity contribution is -0.199. The lowest BCUT2D eigenvalue weighted by Crippen LogP contribution is -2.78. The number of nitrogens with zero attached hydrogens (tertiary/aromatic N) is 2. The van der Waals surface area contributed by atoms with Gasteiger partial charge in [-0.25, -0.2) is 0 Å². The minimum absolute atomic E-state index is 0.0621. The van der Waals surface area contributed by atoms with E-state index in [0.717, 1.165) is 30.5 Å². The number of hydrogen-bond acceptors (Lipinski definition) is 6. The molecule has 3 aliphatic carbocycles. The fourth-order valence-electron chi connectivity index (χ4n) is 8.32. The van der Waals surface area contributed by atoms with Crippen LogP contribution in [-0.2, 0) is 21.4 Å². The van der Waals surface area contributed by atoms with E-state index in [2.05, 4.69) is 11.5 Å². The molecule has 6 aliphatic rings. The number of phenolic OH excluding ortho intramolecular Hbond substituents is 1. The Morgan fingerprint density at radius 3 is 2.59 bits per heavy atom. The van der Waals surface area contributed by atoms with Gasteiger partial charge in [-0.2, -0.15) is 0 Å². The normalized spacial score (nSPS) is 38.0. The van der Waals surface area contributed by atoms with Crippen LogP contribution in [0.25, 0.3) is 0 Å². The van der Waals surface area contributed by atoms with Crippen molar-refractivity contribution in [2.75, 3.05) is 13.1 Å². The molecule has 2 N–H and O–H groups in total. The molecule has 5 atom stereocenters. The lowest BCUT2D eigenvalue weighted by Gasteiger charge is -2.64. The second-order valence-corrected chi connectivity index (χ2v) is 10.9. The van der Waals surface area contributed by atoms with Crippen molar-refractivity contribution in [2.45, 2.75) is 80.6 Å². The van der Waals surface area contributed by atoms with Crippen molar-refractivity contribution in [1.29, 1.82) is 0 Å². The average molecular weight is 463 g/mol. The molecule has 0 unspecified atom stereocenters. The second kappa shape index (κ2) is 6.73. The summed E-state index contributed by atoms with van der Waals surface area (Å²) in [6.45, 7) is 5.37. The van der Waals surface area contributed by atoms with Crippen LogP contribution in [0, 0.1) is 0 Å². The molecule has 3 heterocycles. The molecule has 178 valence electrons. The van der Waals surface area contributed by atoms with Crippen LogP contribution in [0.1, 0.15) is 56.1 Å². The van der Waals surface area contributed by atoms with Crippen molar-refractivity contribution in [3.05, 3.63) is 47.1 Å². The number of benzene rings is 1. The summed E-state index contributed by atoms with van der Waals surface area (Å²) >= 11 is 0. The molecular formula is C27H30N2O5. The third kappa shape index (κ3) is 2.21. The summed E-state index contributed by atoms with van der Waals surface area (Å²) in [5, 5.41) is 23.2. The van der Waals surface area contributed by atoms with Gasteiger partial charge < -0.3 is 14.9 Å². The molecule has 7 rings (SSSR count). The maximum atomic E-state index is 13.5. The molecular weight excluding hydrogens is 432 g/mol. The summed E-state index contributed by atoms with van der Waals surface area (Å²) in [7, 11) is 0. The minimum Gasteiger partial charge on any atom is -0.504 e. The van der Waals surface area contributed by atoms with Crippen molar-refractivity contribution in [3.63, 3.8) is 0 Å². The lowest BCUT2D eigenvalue weighted by atomic mass is 9.48. The fourth-order valence-corrected chi connectivity index (χ4v) is 8.32. The maximum Gasteiger partial charge on any atom is 0.257 e. The van der Waals surface area contributed by atoms with E-state index in [1.165, 1.54) is 4.90 Å². The minimum atomic E-state index is -1.07. The van der Waals surface area contributed by atoms with E-state index in [4.69, 9.17) is 4.74 Å². The first-order valence-corrected chi connectivity index (χ1v) is 12.6. The van der Waals surface area contributed by atoms with Crippen molar-refractivity contribution in [2.24, 2.45) is 0 Å². The number of aliphatic hydroxyl groups is 1. The third-order valence-corrected chi connectivity index (χ3v) is 9.66. The van der Waals surface area contributed by atoms with Gasteiger partial charge in [-0.3, -0.25) is 19.4 Å². The smallest absolute Gasteiger partial charge is 0.257 e. The van der Waals surface area contributed by atoms with Gasteiger partial charge in [0.2, 0.25) is 0 Å². The van der Waals surface area contributed by atoms with Gasteiger partial charge in [0, 0.05) is 29.3 Å². The van der Waals surface area contributed by atoms with Gasteiger partial charge >= 0.3 is 0 Å². The van der Waals surface area contributed by atoms with Crippen molar-refractivity contribution in [3.8, 4) is 11.5 Å². The van der Waals surface area contributed by atoms with Crippen LogP contribution in [0.3, 0.4) is 0 Å². The Bertz CT molecular complexity index is 1160. The van der Waals surface area contributed by atoms with Crippen LogP contribution >= 0.6 is 0 Å². The summed E-state index contributed by atoms with van der Waals surface area (Å²) in [4.78, 5) is 30.7. The molecule has 34 heavy (non-hydrogen) atoms. The first-order chi connectivity index (χ1) is 16.4. The van der Waals surface area contributed by atoms with Crippen LogP contribution in [0.5, 0.6) is 11.5 Å². The summed E-state index contributed by atoms with van der Waals surface area (Å²) in [5.74, 6) is 0.145. The summed E-state index contributed by atoms with van der Waals surface area (Å²) < 4.78 is 6.53. The number of carbonyl (C=O) groups is 2. The largest absolute Gasteiger partial charge is 0.504 e. The Morgan fingerprint density at radius 2 is 1.88 bits per heavy atom. The number of carbonyl (C=O) groups excluding carboxylic acids is 2. The molecule has 1 aromatic rings.